The van der Waals surface area contributed by atoms with E-state index in [-0.39, 0.29) is 11.9 Å². The maximum atomic E-state index is 12.4. The summed E-state index contributed by atoms with van der Waals surface area (Å²) in [7, 11) is 0. The first-order valence-electron chi connectivity index (χ1n) is 9.01. The van der Waals surface area contributed by atoms with Gasteiger partial charge in [0.2, 0.25) is 5.91 Å². The second kappa shape index (κ2) is 8.51. The molecular formula is C20H26N4O. The molecule has 0 radical (unpaired) electrons. The van der Waals surface area contributed by atoms with Crippen molar-refractivity contribution in [2.24, 2.45) is 0 Å². The van der Waals surface area contributed by atoms with E-state index in [2.05, 4.69) is 27.0 Å². The Balaban J connectivity index is 1.47. The standard InChI is InChI=1S/C20H26N4O/c1-2-23(18-8-4-3-5-9-18)16-20(25)22-17-11-14-24(15-12-17)19-10-6-7-13-21-19/h3-10,13,17H,2,11-12,14-16H2,1H3,(H,22,25). The molecule has 25 heavy (non-hydrogen) atoms. The number of amides is 1. The fourth-order valence-corrected chi connectivity index (χ4v) is 3.26. The number of rotatable bonds is 6. The molecule has 3 rings (SSSR count). The van der Waals surface area contributed by atoms with Gasteiger partial charge in [-0.25, -0.2) is 4.98 Å². The van der Waals surface area contributed by atoms with E-state index in [1.807, 2.05) is 54.7 Å². The third-order valence-electron chi connectivity index (χ3n) is 4.67. The Kier molecular flexibility index (Phi) is 5.88. The van der Waals surface area contributed by atoms with Gasteiger partial charge in [0.25, 0.3) is 0 Å². The van der Waals surface area contributed by atoms with Crippen molar-refractivity contribution in [2.75, 3.05) is 36.0 Å². The molecule has 1 saturated heterocycles. The van der Waals surface area contributed by atoms with E-state index in [1.54, 1.807) is 0 Å². The lowest BCUT2D eigenvalue weighted by atomic mass is 10.0. The maximum Gasteiger partial charge on any atom is 0.239 e. The van der Waals surface area contributed by atoms with Crippen LogP contribution in [0.2, 0.25) is 0 Å². The van der Waals surface area contributed by atoms with Gasteiger partial charge >= 0.3 is 0 Å². The highest BCUT2D eigenvalue weighted by Crippen LogP contribution is 2.17. The Hall–Kier alpha value is -2.56. The van der Waals surface area contributed by atoms with Gasteiger partial charge in [-0.3, -0.25) is 4.79 Å². The quantitative estimate of drug-likeness (QED) is 0.880. The van der Waals surface area contributed by atoms with Gasteiger partial charge in [-0.1, -0.05) is 24.3 Å². The Labute approximate surface area is 149 Å². The van der Waals surface area contributed by atoms with Crippen LogP contribution in [-0.4, -0.2) is 43.1 Å². The van der Waals surface area contributed by atoms with E-state index in [1.165, 1.54) is 0 Å². The van der Waals surface area contributed by atoms with Crippen LogP contribution in [-0.2, 0) is 4.79 Å². The smallest absolute Gasteiger partial charge is 0.239 e. The molecule has 2 aromatic rings. The van der Waals surface area contributed by atoms with E-state index in [0.29, 0.717) is 6.54 Å². The SMILES string of the molecule is CCN(CC(=O)NC1CCN(c2ccccn2)CC1)c1ccccc1. The average Bonchev–Trinajstić information content (AvgIpc) is 2.68. The van der Waals surface area contributed by atoms with Crippen molar-refractivity contribution in [3.63, 3.8) is 0 Å². The molecule has 1 aliphatic rings. The molecule has 1 aromatic heterocycles. The average molecular weight is 338 g/mol. The number of carbonyl (C=O) groups is 1. The van der Waals surface area contributed by atoms with Crippen molar-refractivity contribution in [1.82, 2.24) is 10.3 Å². The van der Waals surface area contributed by atoms with E-state index in [4.69, 9.17) is 0 Å². The van der Waals surface area contributed by atoms with Gasteiger partial charge in [0.1, 0.15) is 5.82 Å². The van der Waals surface area contributed by atoms with Crippen LogP contribution in [0, 0.1) is 0 Å². The molecule has 0 atom stereocenters. The number of aromatic nitrogens is 1. The van der Waals surface area contributed by atoms with E-state index >= 15 is 0 Å². The van der Waals surface area contributed by atoms with E-state index in [9.17, 15) is 4.79 Å². The van der Waals surface area contributed by atoms with Crippen molar-refractivity contribution >= 4 is 17.4 Å². The summed E-state index contributed by atoms with van der Waals surface area (Å²) in [6, 6.07) is 16.3. The zero-order valence-corrected chi connectivity index (χ0v) is 14.8. The molecule has 1 aliphatic heterocycles. The number of nitrogens with zero attached hydrogens (tertiary/aromatic N) is 3. The number of carbonyl (C=O) groups excluding carboxylic acids is 1. The lowest BCUT2D eigenvalue weighted by molar-refractivity contribution is -0.120. The summed E-state index contributed by atoms with van der Waals surface area (Å²) in [4.78, 5) is 21.2. The highest BCUT2D eigenvalue weighted by Gasteiger charge is 2.22. The van der Waals surface area contributed by atoms with Gasteiger partial charge in [-0.2, -0.15) is 0 Å². The van der Waals surface area contributed by atoms with Gasteiger partial charge in [0, 0.05) is 37.6 Å². The number of likely N-dealkylation sites (N-methyl/N-ethyl adjacent to an activating group) is 1. The molecule has 5 heteroatoms. The third kappa shape index (κ3) is 4.72. The van der Waals surface area contributed by atoms with Gasteiger partial charge in [0.15, 0.2) is 0 Å². The van der Waals surface area contributed by atoms with Gasteiger partial charge in [-0.05, 0) is 44.0 Å². The number of nitrogens with one attached hydrogen (secondary N) is 1. The molecule has 1 amide bonds. The summed E-state index contributed by atoms with van der Waals surface area (Å²) in [6.07, 6.45) is 3.74. The number of para-hydroxylation sites is 1. The van der Waals surface area contributed by atoms with Crippen LogP contribution in [0.4, 0.5) is 11.5 Å². The first-order chi connectivity index (χ1) is 12.3. The van der Waals surface area contributed by atoms with Crippen molar-refractivity contribution < 1.29 is 4.79 Å². The Bertz CT molecular complexity index is 654. The fraction of sp³-hybridized carbons (Fsp3) is 0.400. The highest BCUT2D eigenvalue weighted by atomic mass is 16.2. The molecule has 132 valence electrons. The second-order valence-electron chi connectivity index (χ2n) is 6.37. The van der Waals surface area contributed by atoms with Crippen molar-refractivity contribution in [3.8, 4) is 0 Å². The Morgan fingerprint density at radius 2 is 1.88 bits per heavy atom. The van der Waals surface area contributed by atoms with Crippen molar-refractivity contribution in [3.05, 3.63) is 54.7 Å². The molecule has 1 aromatic carbocycles. The Morgan fingerprint density at radius 3 is 2.52 bits per heavy atom. The molecule has 0 bridgehead atoms. The van der Waals surface area contributed by atoms with Crippen LogP contribution in [0.25, 0.3) is 0 Å². The number of hydrogen-bond acceptors (Lipinski definition) is 4. The highest BCUT2D eigenvalue weighted by molar-refractivity contribution is 5.81. The molecule has 1 N–H and O–H groups in total. The lowest BCUT2D eigenvalue weighted by Gasteiger charge is -2.33. The number of piperidine rings is 1. The number of hydrogen-bond donors (Lipinski definition) is 1. The minimum absolute atomic E-state index is 0.0991. The van der Waals surface area contributed by atoms with Gasteiger partial charge in [-0.15, -0.1) is 0 Å². The lowest BCUT2D eigenvalue weighted by Crippen LogP contribution is -2.47. The number of pyridine rings is 1. The topological polar surface area (TPSA) is 48.5 Å². The maximum absolute atomic E-state index is 12.4. The minimum atomic E-state index is 0.0991. The second-order valence-corrected chi connectivity index (χ2v) is 6.37. The molecule has 0 aliphatic carbocycles. The molecule has 5 nitrogen and oxygen atoms in total. The summed E-state index contributed by atoms with van der Waals surface area (Å²) >= 11 is 0. The molecular weight excluding hydrogens is 312 g/mol. The van der Waals surface area contributed by atoms with Crippen LogP contribution >= 0.6 is 0 Å². The minimum Gasteiger partial charge on any atom is -0.363 e. The normalized spacial score (nSPS) is 15.0. The van der Waals surface area contributed by atoms with E-state index in [0.717, 1.165) is 44.0 Å². The first kappa shape index (κ1) is 17.3. The van der Waals surface area contributed by atoms with Crippen LogP contribution in [0.5, 0.6) is 0 Å². The number of anilines is 2. The molecule has 0 spiro atoms. The molecule has 1 fully saturated rings. The largest absolute Gasteiger partial charge is 0.363 e. The van der Waals surface area contributed by atoms with Crippen molar-refractivity contribution in [1.29, 1.82) is 0 Å². The molecule has 0 saturated carbocycles. The van der Waals surface area contributed by atoms with E-state index < -0.39 is 0 Å². The molecule has 0 unspecified atom stereocenters. The third-order valence-corrected chi connectivity index (χ3v) is 4.67. The van der Waals surface area contributed by atoms with Gasteiger partial charge in [0.05, 0.1) is 6.54 Å². The predicted octanol–water partition coefficient (Wildman–Crippen LogP) is 2.69. The van der Waals surface area contributed by atoms with Crippen LogP contribution < -0.4 is 15.1 Å². The summed E-state index contributed by atoms with van der Waals surface area (Å²) in [5, 5.41) is 3.20. The summed E-state index contributed by atoms with van der Waals surface area (Å²) in [5.41, 5.74) is 1.09. The predicted molar refractivity (Wildman–Crippen MR) is 102 cm³/mol. The van der Waals surface area contributed by atoms with Crippen molar-refractivity contribution in [2.45, 2.75) is 25.8 Å². The summed E-state index contributed by atoms with van der Waals surface area (Å²) in [6.45, 7) is 5.15. The number of benzene rings is 1. The monoisotopic (exact) mass is 338 g/mol. The molecule has 2 heterocycles. The zero-order valence-electron chi connectivity index (χ0n) is 14.8. The van der Waals surface area contributed by atoms with Crippen LogP contribution in [0.1, 0.15) is 19.8 Å². The first-order valence-corrected chi connectivity index (χ1v) is 9.01. The Morgan fingerprint density at radius 1 is 1.16 bits per heavy atom. The van der Waals surface area contributed by atoms with Crippen LogP contribution in [0.15, 0.2) is 54.7 Å². The summed E-state index contributed by atoms with van der Waals surface area (Å²) in [5.74, 6) is 1.12. The summed E-state index contributed by atoms with van der Waals surface area (Å²) < 4.78 is 0. The fourth-order valence-electron chi connectivity index (χ4n) is 3.26. The zero-order chi connectivity index (χ0) is 17.5. The van der Waals surface area contributed by atoms with Crippen LogP contribution in [0.3, 0.4) is 0 Å². The van der Waals surface area contributed by atoms with Gasteiger partial charge < -0.3 is 15.1 Å².